The van der Waals surface area contributed by atoms with E-state index in [4.69, 9.17) is 9.47 Å². The second-order valence-corrected chi connectivity index (χ2v) is 11.4. The Kier molecular flexibility index (Phi) is 12.9. The Bertz CT molecular complexity index is 1690. The minimum absolute atomic E-state index is 0. The van der Waals surface area contributed by atoms with Gasteiger partial charge in [0.1, 0.15) is 36.5 Å². The summed E-state index contributed by atoms with van der Waals surface area (Å²) in [4.78, 5) is 62.4. The number of halogens is 3. The van der Waals surface area contributed by atoms with Gasteiger partial charge in [-0.05, 0) is 36.4 Å². The normalized spacial score (nSPS) is 19.3. The Morgan fingerprint density at radius 1 is 0.843 bits per heavy atom. The highest BCUT2D eigenvalue weighted by Gasteiger charge is 2.34. The maximum atomic E-state index is 14.5. The molecule has 5 amide bonds. The quantitative estimate of drug-likeness (QED) is 0.320. The Balaban J connectivity index is 0.000000225. The first kappa shape index (κ1) is 38.1. The maximum Gasteiger partial charge on any atom is 0.414 e. The molecule has 2 aromatic rings. The van der Waals surface area contributed by atoms with Crippen LogP contribution >= 0.6 is 12.4 Å². The summed E-state index contributed by atoms with van der Waals surface area (Å²) < 4.78 is 39.3. The number of amides is 5. The summed E-state index contributed by atoms with van der Waals surface area (Å²) in [6.07, 6.45) is 1.42. The molecule has 20 heteroatoms. The molecule has 3 N–H and O–H groups in total. The molecule has 0 bridgehead atoms. The predicted molar refractivity (Wildman–Crippen MR) is 185 cm³/mol. The lowest BCUT2D eigenvalue weighted by Crippen LogP contribution is -2.37. The minimum atomic E-state index is -0.589. The van der Waals surface area contributed by atoms with Crippen LogP contribution in [0.2, 0.25) is 0 Å². The zero-order valence-corrected chi connectivity index (χ0v) is 28.5. The third kappa shape index (κ3) is 9.71. The van der Waals surface area contributed by atoms with Gasteiger partial charge in [0.2, 0.25) is 18.2 Å². The van der Waals surface area contributed by atoms with E-state index in [0.717, 1.165) is 0 Å². The van der Waals surface area contributed by atoms with Gasteiger partial charge in [0.25, 0.3) is 0 Å². The lowest BCUT2D eigenvalue weighted by molar-refractivity contribution is -0.120. The van der Waals surface area contributed by atoms with E-state index in [1.165, 1.54) is 53.5 Å². The zero-order valence-electron chi connectivity index (χ0n) is 27.7. The van der Waals surface area contributed by atoms with Crippen molar-refractivity contribution in [2.45, 2.75) is 26.1 Å². The van der Waals surface area contributed by atoms with Crippen molar-refractivity contribution < 1.29 is 42.2 Å². The Morgan fingerprint density at radius 2 is 1.35 bits per heavy atom. The highest BCUT2D eigenvalue weighted by molar-refractivity contribution is 5.92. The van der Waals surface area contributed by atoms with Gasteiger partial charge in [-0.1, -0.05) is 0 Å². The lowest BCUT2D eigenvalue weighted by atomic mass is 10.2. The molecule has 2 atom stereocenters. The molecule has 6 rings (SSSR count). The van der Waals surface area contributed by atoms with Gasteiger partial charge in [-0.25, -0.2) is 23.4 Å². The van der Waals surface area contributed by atoms with Gasteiger partial charge in [-0.15, -0.1) is 12.4 Å². The molecule has 0 spiro atoms. The maximum absolute atomic E-state index is 14.5. The fraction of sp³-hybridized carbons (Fsp3) is 0.387. The number of hydrogen-bond donors (Lipinski definition) is 3. The van der Waals surface area contributed by atoms with Crippen LogP contribution in [0.5, 0.6) is 0 Å². The Hall–Kier alpha value is -5.72. The minimum Gasteiger partial charge on any atom is -0.442 e. The van der Waals surface area contributed by atoms with Crippen molar-refractivity contribution in [1.82, 2.24) is 21.1 Å². The van der Waals surface area contributed by atoms with Gasteiger partial charge in [0.15, 0.2) is 0 Å². The van der Waals surface area contributed by atoms with Gasteiger partial charge in [0, 0.05) is 26.9 Å². The van der Waals surface area contributed by atoms with Gasteiger partial charge in [-0.3, -0.25) is 24.2 Å². The van der Waals surface area contributed by atoms with Crippen LogP contribution in [0.1, 0.15) is 13.8 Å². The van der Waals surface area contributed by atoms with Crippen LogP contribution in [0.4, 0.5) is 41.1 Å². The van der Waals surface area contributed by atoms with Gasteiger partial charge in [0.05, 0.1) is 62.0 Å². The molecule has 51 heavy (non-hydrogen) atoms. The van der Waals surface area contributed by atoms with Crippen LogP contribution in [-0.4, -0.2) is 113 Å². The number of carbonyl (C=O) groups is 5. The highest BCUT2D eigenvalue weighted by Crippen LogP contribution is 2.29. The monoisotopic (exact) mass is 734 g/mol. The first-order chi connectivity index (χ1) is 24.0. The number of nitrogens with zero attached hydrogens (tertiary/aromatic N) is 7. The second kappa shape index (κ2) is 17.3. The molecule has 0 unspecified atom stereocenters. The molecule has 0 aliphatic carbocycles. The molecule has 17 nitrogen and oxygen atoms in total. The fourth-order valence-electron chi connectivity index (χ4n) is 5.29. The third-order valence-corrected chi connectivity index (χ3v) is 7.79. The van der Waals surface area contributed by atoms with Gasteiger partial charge < -0.3 is 35.3 Å². The standard InChI is InChI=1S/C16H18FN5O4.C15H18FN5O3.ClH/c1-11(24)18-7-13-8-22(16(25)26-13)12-2-3-15(14(17)6-12)20-4-5-21(10-23)19-9-20;1-10(22)17-7-12-8-21(15(23)24-12)11-2-3-14(13(16)6-11)20-5-4-18-19-9-20;/h2-3,6,9-10,13H,4-5,7-8H2,1H3,(H,18,24);2-3,6,9,12,18H,4-5,7-8H2,1H3,(H,17,22);1H/t13-;12-;/m00./s1. The molecule has 2 fully saturated rings. The van der Waals surface area contributed by atoms with Crippen molar-refractivity contribution in [3.63, 3.8) is 0 Å². The molecule has 2 saturated heterocycles. The number of cyclic esters (lactones) is 2. The summed E-state index contributed by atoms with van der Waals surface area (Å²) in [5.41, 5.74) is 4.27. The van der Waals surface area contributed by atoms with Gasteiger partial charge >= 0.3 is 12.2 Å². The van der Waals surface area contributed by atoms with Crippen LogP contribution in [0.3, 0.4) is 0 Å². The molecule has 0 aromatic heterocycles. The summed E-state index contributed by atoms with van der Waals surface area (Å²) in [6.45, 7) is 5.66. The average molecular weight is 735 g/mol. The topological polar surface area (TPSA) is 181 Å². The van der Waals surface area contributed by atoms with E-state index in [1.807, 2.05) is 0 Å². The summed E-state index contributed by atoms with van der Waals surface area (Å²) in [7, 11) is 0. The smallest absolute Gasteiger partial charge is 0.414 e. The van der Waals surface area contributed by atoms with Crippen LogP contribution in [0.15, 0.2) is 46.6 Å². The number of benzene rings is 2. The predicted octanol–water partition coefficient (Wildman–Crippen LogP) is 1.57. The molecular formula is C31H37ClF2N10O7. The summed E-state index contributed by atoms with van der Waals surface area (Å²) >= 11 is 0. The van der Waals surface area contributed by atoms with E-state index in [1.54, 1.807) is 34.1 Å². The Labute approximate surface area is 297 Å². The largest absolute Gasteiger partial charge is 0.442 e. The van der Waals surface area contributed by atoms with Crippen LogP contribution in [0.25, 0.3) is 0 Å². The zero-order chi connectivity index (χ0) is 35.8. The van der Waals surface area contributed by atoms with Crippen molar-refractivity contribution in [3.8, 4) is 0 Å². The summed E-state index contributed by atoms with van der Waals surface area (Å²) in [5, 5.41) is 14.2. The molecule has 4 aliphatic rings. The van der Waals surface area contributed by atoms with E-state index in [2.05, 4.69) is 26.3 Å². The molecule has 4 heterocycles. The third-order valence-electron chi connectivity index (χ3n) is 7.79. The van der Waals surface area contributed by atoms with Crippen molar-refractivity contribution in [1.29, 1.82) is 0 Å². The number of hydrazone groups is 2. The van der Waals surface area contributed by atoms with Crippen molar-refractivity contribution in [2.75, 3.05) is 72.0 Å². The van der Waals surface area contributed by atoms with E-state index in [-0.39, 0.29) is 50.4 Å². The number of anilines is 4. The lowest BCUT2D eigenvalue weighted by Gasteiger charge is -2.27. The highest BCUT2D eigenvalue weighted by atomic mass is 35.5. The second-order valence-electron chi connectivity index (χ2n) is 11.4. The summed E-state index contributed by atoms with van der Waals surface area (Å²) in [6, 6.07) is 8.97. The van der Waals surface area contributed by atoms with Crippen molar-refractivity contribution in [3.05, 3.63) is 48.0 Å². The molecule has 274 valence electrons. The first-order valence-corrected chi connectivity index (χ1v) is 15.6. The van der Waals surface area contributed by atoms with Crippen LogP contribution in [-0.2, 0) is 23.9 Å². The van der Waals surface area contributed by atoms with E-state index in [9.17, 15) is 32.8 Å². The SMILES string of the molecule is CC(=O)NC[C@H]1CN(c2ccc(N3C=NN(C=O)CC3)c(F)c2)C(=O)O1.CC(=O)NC[C@H]1CN(c2ccc(N3C=NNCC3)c(F)c2)C(=O)O1.Cl. The number of nitrogens with one attached hydrogen (secondary N) is 3. The molecule has 0 saturated carbocycles. The summed E-state index contributed by atoms with van der Waals surface area (Å²) in [5.74, 6) is -1.38. The number of carbonyl (C=O) groups excluding carboxylic acids is 5. The van der Waals surface area contributed by atoms with E-state index in [0.29, 0.717) is 55.3 Å². The number of rotatable bonds is 9. The fourth-order valence-corrected chi connectivity index (χ4v) is 5.29. The number of hydrogen-bond acceptors (Lipinski definition) is 12. The van der Waals surface area contributed by atoms with E-state index < -0.39 is 36.0 Å². The number of ether oxygens (including phenoxy) is 2. The molecular weight excluding hydrogens is 698 g/mol. The average Bonchev–Trinajstić information content (AvgIpc) is 3.68. The van der Waals surface area contributed by atoms with Crippen molar-refractivity contribution >= 4 is 78.2 Å². The Morgan fingerprint density at radius 3 is 1.75 bits per heavy atom. The molecule has 0 radical (unpaired) electrons. The van der Waals surface area contributed by atoms with Crippen molar-refractivity contribution in [2.24, 2.45) is 10.2 Å². The van der Waals surface area contributed by atoms with E-state index >= 15 is 0 Å². The van der Waals surface area contributed by atoms with Gasteiger partial charge in [-0.2, -0.15) is 10.2 Å². The molecule has 4 aliphatic heterocycles. The first-order valence-electron chi connectivity index (χ1n) is 15.6. The van der Waals surface area contributed by atoms with Crippen LogP contribution in [0, 0.1) is 11.6 Å². The molecule has 2 aromatic carbocycles. The van der Waals surface area contributed by atoms with Crippen LogP contribution < -0.4 is 35.7 Å².